The van der Waals surface area contributed by atoms with Crippen LogP contribution in [0.4, 0.5) is 14.4 Å². The van der Waals surface area contributed by atoms with Gasteiger partial charge in [0.2, 0.25) is 0 Å². The molecule has 0 aliphatic heterocycles. The second kappa shape index (κ2) is 9.35. The highest BCUT2D eigenvalue weighted by Crippen LogP contribution is 2.12. The van der Waals surface area contributed by atoms with Crippen LogP contribution in [-0.2, 0) is 20.8 Å². The van der Waals surface area contributed by atoms with Gasteiger partial charge in [-0.1, -0.05) is 6.07 Å². The molecule has 2 N–H and O–H groups in total. The van der Waals surface area contributed by atoms with E-state index >= 15 is 0 Å². The molecule has 1 heterocycles. The summed E-state index contributed by atoms with van der Waals surface area (Å²) >= 11 is 0. The van der Waals surface area contributed by atoms with Crippen molar-refractivity contribution in [3.8, 4) is 0 Å². The highest BCUT2D eigenvalue weighted by atomic mass is 16.6. The third-order valence-electron chi connectivity index (χ3n) is 2.73. The number of imide groups is 1. The van der Waals surface area contributed by atoms with Crippen molar-refractivity contribution in [2.45, 2.75) is 39.3 Å². The SMILES string of the molecule is CC(C)(C)OC(=O)N(CCC(=O)OC(=O)NC(=O)O)Cc1ccccn1. The average Bonchev–Trinajstić information content (AvgIpc) is 2.49. The molecule has 0 aliphatic rings. The van der Waals surface area contributed by atoms with E-state index in [1.807, 2.05) is 0 Å². The van der Waals surface area contributed by atoms with Gasteiger partial charge in [-0.3, -0.25) is 9.78 Å². The molecular formula is C16H21N3O7. The minimum atomic E-state index is -1.65. The predicted octanol–water partition coefficient (Wildman–Crippen LogP) is 2.14. The molecule has 0 saturated heterocycles. The van der Waals surface area contributed by atoms with Crippen LogP contribution in [0.5, 0.6) is 0 Å². The molecule has 1 aromatic heterocycles. The van der Waals surface area contributed by atoms with Gasteiger partial charge in [0.15, 0.2) is 0 Å². The summed E-state index contributed by atoms with van der Waals surface area (Å²) in [6.07, 6.45) is -2.48. The molecule has 0 unspecified atom stereocenters. The van der Waals surface area contributed by atoms with Crippen molar-refractivity contribution in [2.24, 2.45) is 0 Å². The van der Waals surface area contributed by atoms with Gasteiger partial charge in [0.25, 0.3) is 0 Å². The number of hydrogen-bond acceptors (Lipinski definition) is 7. The third-order valence-corrected chi connectivity index (χ3v) is 2.73. The Bertz CT molecular complexity index is 656. The monoisotopic (exact) mass is 367 g/mol. The Labute approximate surface area is 150 Å². The van der Waals surface area contributed by atoms with Crippen LogP contribution in [0.25, 0.3) is 0 Å². The van der Waals surface area contributed by atoms with Crippen molar-refractivity contribution in [1.29, 1.82) is 0 Å². The van der Waals surface area contributed by atoms with Crippen molar-refractivity contribution < 1.29 is 33.8 Å². The number of carbonyl (C=O) groups excluding carboxylic acids is 3. The zero-order valence-corrected chi connectivity index (χ0v) is 14.7. The molecular weight excluding hydrogens is 346 g/mol. The van der Waals surface area contributed by atoms with Crippen molar-refractivity contribution in [3.05, 3.63) is 30.1 Å². The molecule has 0 aromatic carbocycles. The van der Waals surface area contributed by atoms with Gasteiger partial charge in [0, 0.05) is 12.7 Å². The number of nitrogens with zero attached hydrogens (tertiary/aromatic N) is 2. The standard InChI is InChI=1S/C16H21N3O7/c1-16(2,3)26-15(24)19(10-11-6-4-5-8-17-11)9-7-12(20)25-14(23)18-13(21)22/h4-6,8H,7,9-10H2,1-3H3,(H,18,23)(H,21,22). The number of hydrogen-bond donors (Lipinski definition) is 2. The maximum Gasteiger partial charge on any atom is 0.424 e. The van der Waals surface area contributed by atoms with Crippen molar-refractivity contribution >= 4 is 24.2 Å². The largest absolute Gasteiger partial charge is 0.465 e. The number of carboxylic acid groups (broad SMARTS) is 1. The van der Waals surface area contributed by atoms with Gasteiger partial charge in [-0.2, -0.15) is 0 Å². The molecule has 0 radical (unpaired) electrons. The third kappa shape index (κ3) is 8.62. The van der Waals surface area contributed by atoms with Gasteiger partial charge in [0.05, 0.1) is 18.7 Å². The van der Waals surface area contributed by atoms with E-state index in [-0.39, 0.29) is 19.5 Å². The maximum absolute atomic E-state index is 12.3. The number of nitrogens with one attached hydrogen (secondary N) is 1. The Morgan fingerprint density at radius 2 is 1.92 bits per heavy atom. The van der Waals surface area contributed by atoms with E-state index in [1.165, 1.54) is 10.2 Å². The van der Waals surface area contributed by atoms with Crippen LogP contribution in [-0.4, -0.2) is 51.4 Å². The first-order chi connectivity index (χ1) is 12.1. The molecule has 0 atom stereocenters. The lowest BCUT2D eigenvalue weighted by Gasteiger charge is -2.27. The quantitative estimate of drug-likeness (QED) is 0.597. The zero-order valence-electron chi connectivity index (χ0n) is 14.7. The van der Waals surface area contributed by atoms with E-state index in [2.05, 4.69) is 9.72 Å². The number of amides is 3. The first-order valence-corrected chi connectivity index (χ1v) is 7.69. The predicted molar refractivity (Wildman–Crippen MR) is 88.1 cm³/mol. The van der Waals surface area contributed by atoms with Crippen molar-refractivity contribution in [2.75, 3.05) is 6.54 Å². The van der Waals surface area contributed by atoms with Crippen LogP contribution < -0.4 is 5.32 Å². The van der Waals surface area contributed by atoms with Gasteiger partial charge in [0.1, 0.15) is 5.60 Å². The number of carbonyl (C=O) groups is 4. The molecule has 0 spiro atoms. The Morgan fingerprint density at radius 3 is 2.46 bits per heavy atom. The van der Waals surface area contributed by atoms with Gasteiger partial charge >= 0.3 is 24.2 Å². The molecule has 0 aliphatic carbocycles. The van der Waals surface area contributed by atoms with E-state index < -0.39 is 29.9 Å². The summed E-state index contributed by atoms with van der Waals surface area (Å²) in [6.45, 7) is 5.09. The normalized spacial score (nSPS) is 10.6. The minimum Gasteiger partial charge on any atom is -0.465 e. The minimum absolute atomic E-state index is 0.0877. The van der Waals surface area contributed by atoms with E-state index in [0.717, 1.165) is 0 Å². The molecule has 1 aromatic rings. The summed E-state index contributed by atoms with van der Waals surface area (Å²) in [7, 11) is 0. The summed E-state index contributed by atoms with van der Waals surface area (Å²) in [5.41, 5.74) is -0.156. The first-order valence-electron chi connectivity index (χ1n) is 7.69. The molecule has 142 valence electrons. The summed E-state index contributed by atoms with van der Waals surface area (Å²) in [5, 5.41) is 9.73. The molecule has 10 heteroatoms. The first kappa shape index (κ1) is 20.9. The fourth-order valence-electron chi connectivity index (χ4n) is 1.74. The van der Waals surface area contributed by atoms with E-state index in [1.54, 1.807) is 45.2 Å². The number of alkyl carbamates (subject to hydrolysis) is 1. The van der Waals surface area contributed by atoms with Crippen LogP contribution in [0.1, 0.15) is 32.9 Å². The fraction of sp³-hybridized carbons (Fsp3) is 0.438. The zero-order chi connectivity index (χ0) is 19.7. The maximum atomic E-state index is 12.3. The summed E-state index contributed by atoms with van der Waals surface area (Å²) in [6, 6.07) is 5.18. The molecule has 10 nitrogen and oxygen atoms in total. The molecule has 26 heavy (non-hydrogen) atoms. The van der Waals surface area contributed by atoms with E-state index in [0.29, 0.717) is 5.69 Å². The molecule has 0 saturated carbocycles. The number of esters is 1. The number of ether oxygens (including phenoxy) is 2. The highest BCUT2D eigenvalue weighted by Gasteiger charge is 2.24. The fourth-order valence-corrected chi connectivity index (χ4v) is 1.74. The lowest BCUT2D eigenvalue weighted by Crippen LogP contribution is -2.38. The molecule has 0 fully saturated rings. The van der Waals surface area contributed by atoms with Crippen molar-refractivity contribution in [3.63, 3.8) is 0 Å². The van der Waals surface area contributed by atoms with Gasteiger partial charge in [-0.25, -0.2) is 19.7 Å². The van der Waals surface area contributed by atoms with Crippen molar-refractivity contribution in [1.82, 2.24) is 15.2 Å². The molecule has 0 bridgehead atoms. The Kier molecular flexibility index (Phi) is 7.51. The lowest BCUT2D eigenvalue weighted by atomic mass is 10.2. The smallest absolute Gasteiger partial charge is 0.424 e. The highest BCUT2D eigenvalue weighted by molar-refractivity contribution is 5.92. The Hall–Kier alpha value is -3.17. The lowest BCUT2D eigenvalue weighted by molar-refractivity contribution is -0.137. The van der Waals surface area contributed by atoms with Gasteiger partial charge in [-0.15, -0.1) is 0 Å². The van der Waals surface area contributed by atoms with Crippen LogP contribution >= 0.6 is 0 Å². The number of rotatable bonds is 5. The second-order valence-electron chi connectivity index (χ2n) is 6.16. The molecule has 1 rings (SSSR count). The number of aromatic nitrogens is 1. The van der Waals surface area contributed by atoms with E-state index in [4.69, 9.17) is 9.84 Å². The summed E-state index contributed by atoms with van der Waals surface area (Å²) in [5.74, 6) is -0.988. The van der Waals surface area contributed by atoms with Crippen LogP contribution in [0.3, 0.4) is 0 Å². The average molecular weight is 367 g/mol. The molecule has 3 amide bonds. The summed E-state index contributed by atoms with van der Waals surface area (Å²) < 4.78 is 9.57. The van der Waals surface area contributed by atoms with Gasteiger partial charge < -0.3 is 19.5 Å². The van der Waals surface area contributed by atoms with Crippen LogP contribution in [0, 0.1) is 0 Å². The Morgan fingerprint density at radius 1 is 1.23 bits per heavy atom. The number of pyridine rings is 1. The summed E-state index contributed by atoms with van der Waals surface area (Å²) in [4.78, 5) is 50.6. The van der Waals surface area contributed by atoms with Crippen LogP contribution in [0.2, 0.25) is 0 Å². The topological polar surface area (TPSA) is 135 Å². The van der Waals surface area contributed by atoms with Gasteiger partial charge in [-0.05, 0) is 32.9 Å². The van der Waals surface area contributed by atoms with E-state index in [9.17, 15) is 19.2 Å². The second-order valence-corrected chi connectivity index (χ2v) is 6.16. The van der Waals surface area contributed by atoms with Crippen LogP contribution in [0.15, 0.2) is 24.4 Å². The Balaban J connectivity index is 2.69.